The Morgan fingerprint density at radius 1 is 1.11 bits per heavy atom. The minimum absolute atomic E-state index is 0.231. The van der Waals surface area contributed by atoms with Crippen LogP contribution in [0.4, 0.5) is 36.4 Å². The molecule has 0 unspecified atom stereocenters. The van der Waals surface area contributed by atoms with Crippen molar-refractivity contribution in [2.75, 3.05) is 36.4 Å². The molecule has 1 aromatic heterocycles. The number of piperazine rings is 1. The second-order valence-corrected chi connectivity index (χ2v) is 8.17. The summed E-state index contributed by atoms with van der Waals surface area (Å²) >= 11 is 0. The number of ether oxygens (including phenoxy) is 1. The van der Waals surface area contributed by atoms with Crippen LogP contribution < -0.4 is 20.3 Å². The van der Waals surface area contributed by atoms with Gasteiger partial charge in [0.25, 0.3) is 0 Å². The van der Waals surface area contributed by atoms with Gasteiger partial charge in [-0.25, -0.2) is 15.0 Å². The first-order valence-electron chi connectivity index (χ1n) is 11.4. The zero-order valence-electron chi connectivity index (χ0n) is 19.9. The third kappa shape index (κ3) is 7.77. The number of halogens is 3. The Morgan fingerprint density at radius 3 is 2.57 bits per heavy atom. The number of amidine groups is 1. The number of anilines is 3. The molecule has 0 amide bonds. The first-order chi connectivity index (χ1) is 17.8. The van der Waals surface area contributed by atoms with Gasteiger partial charge in [-0.3, -0.25) is 10.2 Å². The molecule has 0 aliphatic carbocycles. The van der Waals surface area contributed by atoms with E-state index >= 15 is 0 Å². The molecule has 3 aromatic rings. The van der Waals surface area contributed by atoms with Crippen molar-refractivity contribution in [1.82, 2.24) is 25.2 Å². The standard InChI is InChI=1S/C24H24F3N9O/c1-17(29-15-28)32-19-3-2-4-20(13-19)33-22-30-16-31-23(34-22)36-11-9-35(10-12-36)14-18-5-7-21(8-6-18)37-24(25,26)27/h2-8,13,16H,9-12,14H2,1H3,(H,29,32)(H,30,31,33,34). The van der Waals surface area contributed by atoms with Gasteiger partial charge in [-0.05, 0) is 42.8 Å². The number of hydrogen-bond donors (Lipinski definition) is 2. The molecule has 1 saturated heterocycles. The fourth-order valence-electron chi connectivity index (χ4n) is 3.75. The van der Waals surface area contributed by atoms with E-state index in [-0.39, 0.29) is 5.75 Å². The molecule has 37 heavy (non-hydrogen) atoms. The molecule has 4 rings (SSSR count). The number of aromatic nitrogens is 3. The number of benzene rings is 2. The van der Waals surface area contributed by atoms with Gasteiger partial charge in [-0.2, -0.15) is 10.2 Å². The molecule has 0 spiro atoms. The fourth-order valence-corrected chi connectivity index (χ4v) is 3.75. The number of aliphatic imine (C=N–C) groups is 1. The predicted octanol–water partition coefficient (Wildman–Crippen LogP) is 3.96. The van der Waals surface area contributed by atoms with E-state index in [0.29, 0.717) is 43.1 Å². The summed E-state index contributed by atoms with van der Waals surface area (Å²) in [6.07, 6.45) is -1.42. The lowest BCUT2D eigenvalue weighted by atomic mass is 10.2. The van der Waals surface area contributed by atoms with Crippen molar-refractivity contribution in [3.8, 4) is 11.9 Å². The summed E-state index contributed by atoms with van der Waals surface area (Å²) < 4.78 is 40.9. The monoisotopic (exact) mass is 511 g/mol. The fraction of sp³-hybridized carbons (Fsp3) is 0.292. The van der Waals surface area contributed by atoms with E-state index in [9.17, 15) is 13.2 Å². The molecule has 2 heterocycles. The van der Waals surface area contributed by atoms with Crippen molar-refractivity contribution in [2.24, 2.45) is 4.99 Å². The van der Waals surface area contributed by atoms with E-state index in [2.05, 4.69) is 45.1 Å². The number of alkyl halides is 3. The van der Waals surface area contributed by atoms with Gasteiger partial charge in [0.05, 0.1) is 5.69 Å². The maximum atomic E-state index is 12.3. The van der Waals surface area contributed by atoms with E-state index in [0.717, 1.165) is 24.3 Å². The minimum atomic E-state index is -4.70. The summed E-state index contributed by atoms with van der Waals surface area (Å²) in [4.78, 5) is 21.6. The maximum Gasteiger partial charge on any atom is 0.573 e. The topological polar surface area (TPSA) is 115 Å². The Hall–Kier alpha value is -4.44. The van der Waals surface area contributed by atoms with Gasteiger partial charge in [-0.15, -0.1) is 13.2 Å². The maximum absolute atomic E-state index is 12.3. The van der Waals surface area contributed by atoms with Crippen LogP contribution in [-0.4, -0.2) is 58.2 Å². The molecule has 13 heteroatoms. The third-order valence-electron chi connectivity index (χ3n) is 5.41. The second-order valence-electron chi connectivity index (χ2n) is 8.17. The first-order valence-corrected chi connectivity index (χ1v) is 11.4. The number of hydrogen-bond acceptors (Lipinski definition) is 9. The summed E-state index contributed by atoms with van der Waals surface area (Å²) in [5.74, 6) is 1.19. The Balaban J connectivity index is 1.32. The van der Waals surface area contributed by atoms with Crippen LogP contribution in [0.1, 0.15) is 12.5 Å². The SMILES string of the molecule is CC(=Nc1cccc(Nc2ncnc(N3CCN(Cc4ccc(OC(F)(F)F)cc4)CC3)n2)c1)NC#N. The molecule has 192 valence electrons. The van der Waals surface area contributed by atoms with E-state index in [1.54, 1.807) is 19.1 Å². The molecular weight excluding hydrogens is 487 g/mol. The Morgan fingerprint density at radius 2 is 1.86 bits per heavy atom. The van der Waals surface area contributed by atoms with E-state index < -0.39 is 6.36 Å². The van der Waals surface area contributed by atoms with Gasteiger partial charge >= 0.3 is 6.36 Å². The van der Waals surface area contributed by atoms with Crippen LogP contribution in [0.3, 0.4) is 0 Å². The van der Waals surface area contributed by atoms with Crippen molar-refractivity contribution in [2.45, 2.75) is 19.8 Å². The summed E-state index contributed by atoms with van der Waals surface area (Å²) in [6, 6.07) is 13.2. The van der Waals surface area contributed by atoms with Crippen molar-refractivity contribution in [1.29, 1.82) is 5.26 Å². The van der Waals surface area contributed by atoms with E-state index in [1.165, 1.54) is 18.5 Å². The molecule has 0 bridgehead atoms. The smallest absolute Gasteiger partial charge is 0.406 e. The van der Waals surface area contributed by atoms with Crippen LogP contribution in [0.25, 0.3) is 0 Å². The van der Waals surface area contributed by atoms with Crippen LogP contribution >= 0.6 is 0 Å². The van der Waals surface area contributed by atoms with Crippen molar-refractivity contribution in [3.63, 3.8) is 0 Å². The lowest BCUT2D eigenvalue weighted by Gasteiger charge is -2.34. The zero-order valence-corrected chi connectivity index (χ0v) is 19.9. The van der Waals surface area contributed by atoms with Crippen LogP contribution in [0.15, 0.2) is 59.9 Å². The van der Waals surface area contributed by atoms with Gasteiger partial charge in [0.15, 0.2) is 6.19 Å². The van der Waals surface area contributed by atoms with Crippen LogP contribution in [0.5, 0.6) is 5.75 Å². The van der Waals surface area contributed by atoms with Crippen molar-refractivity contribution >= 4 is 29.1 Å². The molecule has 1 fully saturated rings. The zero-order chi connectivity index (χ0) is 26.3. The molecule has 0 atom stereocenters. The number of nitrogens with zero attached hydrogens (tertiary/aromatic N) is 7. The molecule has 0 radical (unpaired) electrons. The molecule has 2 N–H and O–H groups in total. The lowest BCUT2D eigenvalue weighted by Crippen LogP contribution is -2.46. The Labute approximate surface area is 211 Å². The molecule has 1 aliphatic heterocycles. The summed E-state index contributed by atoms with van der Waals surface area (Å²) in [5.41, 5.74) is 2.30. The molecule has 10 nitrogen and oxygen atoms in total. The third-order valence-corrected chi connectivity index (χ3v) is 5.41. The van der Waals surface area contributed by atoms with Gasteiger partial charge in [-0.1, -0.05) is 18.2 Å². The number of rotatable bonds is 7. The highest BCUT2D eigenvalue weighted by atomic mass is 19.4. The predicted molar refractivity (Wildman–Crippen MR) is 132 cm³/mol. The average Bonchev–Trinajstić information content (AvgIpc) is 2.85. The average molecular weight is 512 g/mol. The molecule has 2 aromatic carbocycles. The molecular formula is C24H24F3N9O. The van der Waals surface area contributed by atoms with Gasteiger partial charge in [0, 0.05) is 38.4 Å². The summed E-state index contributed by atoms with van der Waals surface area (Å²) in [6.45, 7) is 5.18. The molecule has 0 saturated carbocycles. The highest BCUT2D eigenvalue weighted by Crippen LogP contribution is 2.24. The quantitative estimate of drug-likeness (QED) is 0.211. The normalized spacial score (nSPS) is 14.7. The van der Waals surface area contributed by atoms with Gasteiger partial charge in [0.2, 0.25) is 11.9 Å². The highest BCUT2D eigenvalue weighted by molar-refractivity contribution is 5.84. The Kier molecular flexibility index (Phi) is 7.99. The number of nitrogens with one attached hydrogen (secondary N) is 2. The van der Waals surface area contributed by atoms with E-state index in [1.807, 2.05) is 30.5 Å². The first kappa shape index (κ1) is 25.6. The van der Waals surface area contributed by atoms with Gasteiger partial charge < -0.3 is 15.0 Å². The lowest BCUT2D eigenvalue weighted by molar-refractivity contribution is -0.274. The molecule has 1 aliphatic rings. The second kappa shape index (κ2) is 11.5. The summed E-state index contributed by atoms with van der Waals surface area (Å²) in [7, 11) is 0. The summed E-state index contributed by atoms with van der Waals surface area (Å²) in [5, 5.41) is 14.3. The largest absolute Gasteiger partial charge is 0.573 e. The van der Waals surface area contributed by atoms with Crippen molar-refractivity contribution in [3.05, 3.63) is 60.4 Å². The highest BCUT2D eigenvalue weighted by Gasteiger charge is 2.31. The Bertz CT molecular complexity index is 1270. The van der Waals surface area contributed by atoms with E-state index in [4.69, 9.17) is 5.26 Å². The van der Waals surface area contributed by atoms with Crippen molar-refractivity contribution < 1.29 is 17.9 Å². The van der Waals surface area contributed by atoms with Crippen LogP contribution in [0.2, 0.25) is 0 Å². The van der Waals surface area contributed by atoms with Crippen LogP contribution in [0, 0.1) is 11.5 Å². The minimum Gasteiger partial charge on any atom is -0.406 e. The van der Waals surface area contributed by atoms with Gasteiger partial charge in [0.1, 0.15) is 17.9 Å². The number of nitriles is 1. The van der Waals surface area contributed by atoms with Crippen LogP contribution in [-0.2, 0) is 6.54 Å².